The van der Waals surface area contributed by atoms with Gasteiger partial charge in [0.2, 0.25) is 0 Å². The first-order valence-corrected chi connectivity index (χ1v) is 7.75. The Morgan fingerprint density at radius 1 is 1.50 bits per heavy atom. The highest BCUT2D eigenvalue weighted by Crippen LogP contribution is 2.29. The highest BCUT2D eigenvalue weighted by Gasteiger charge is 2.31. The fourth-order valence-electron chi connectivity index (χ4n) is 3.07. The number of piperidine rings is 1. The minimum atomic E-state index is -0.549. The average molecular weight is 323 g/mol. The van der Waals surface area contributed by atoms with Gasteiger partial charge in [-0.25, -0.2) is 0 Å². The van der Waals surface area contributed by atoms with Crippen LogP contribution in [0.2, 0.25) is 5.02 Å². The third-order valence-electron chi connectivity index (χ3n) is 4.47. The molecule has 1 aliphatic heterocycles. The number of nitrogens with zero attached hydrogens (tertiary/aromatic N) is 1. The highest BCUT2D eigenvalue weighted by molar-refractivity contribution is 6.35. The molecule has 0 spiro atoms. The number of carbonyl (C=O) groups excluding carboxylic acids is 1. The molecule has 3 N–H and O–H groups in total. The van der Waals surface area contributed by atoms with Crippen LogP contribution in [0.5, 0.6) is 0 Å². The molecule has 1 amide bonds. The third-order valence-corrected chi connectivity index (χ3v) is 4.79. The van der Waals surface area contributed by atoms with E-state index in [-0.39, 0.29) is 18.4 Å². The van der Waals surface area contributed by atoms with Crippen molar-refractivity contribution in [2.24, 2.45) is 5.92 Å². The monoisotopic (exact) mass is 322 g/mol. The molecule has 22 heavy (non-hydrogen) atoms. The van der Waals surface area contributed by atoms with Crippen LogP contribution in [0, 0.1) is 12.8 Å². The zero-order chi connectivity index (χ0) is 15.9. The van der Waals surface area contributed by atoms with E-state index >= 15 is 0 Å². The Hall–Kier alpha value is -1.56. The number of benzene rings is 1. The quantitative estimate of drug-likeness (QED) is 0.791. The fraction of sp³-hybridized carbons (Fsp3) is 0.438. The second-order valence-corrected chi connectivity index (χ2v) is 6.24. The predicted octanol–water partition coefficient (Wildman–Crippen LogP) is 1.95. The minimum absolute atomic E-state index is 0.116. The van der Waals surface area contributed by atoms with Gasteiger partial charge in [0.25, 0.3) is 5.91 Å². The Balaban J connectivity index is 1.92. The molecule has 0 aliphatic carbocycles. The number of rotatable bonds is 2. The third kappa shape index (κ3) is 2.49. The summed E-state index contributed by atoms with van der Waals surface area (Å²) in [5.74, 6) is -0.402. The van der Waals surface area contributed by atoms with Crippen molar-refractivity contribution < 1.29 is 15.0 Å². The summed E-state index contributed by atoms with van der Waals surface area (Å²) < 4.78 is 0. The molecule has 1 aromatic carbocycles. The molecule has 0 bridgehead atoms. The van der Waals surface area contributed by atoms with E-state index in [4.69, 9.17) is 11.6 Å². The predicted molar refractivity (Wildman–Crippen MR) is 85.1 cm³/mol. The number of carbonyl (C=O) groups is 1. The normalized spacial score (nSPS) is 22.3. The minimum Gasteiger partial charge on any atom is -0.396 e. The molecule has 6 heteroatoms. The van der Waals surface area contributed by atoms with E-state index < -0.39 is 6.10 Å². The van der Waals surface area contributed by atoms with Gasteiger partial charge in [-0.15, -0.1) is 0 Å². The number of aliphatic hydroxyl groups excluding tert-OH is 2. The maximum absolute atomic E-state index is 12.8. The van der Waals surface area contributed by atoms with E-state index in [9.17, 15) is 15.0 Å². The fourth-order valence-corrected chi connectivity index (χ4v) is 3.29. The van der Waals surface area contributed by atoms with Gasteiger partial charge >= 0.3 is 0 Å². The summed E-state index contributed by atoms with van der Waals surface area (Å²) in [6.45, 7) is 2.62. The summed E-state index contributed by atoms with van der Waals surface area (Å²) in [5, 5.41) is 20.7. The van der Waals surface area contributed by atoms with Crippen molar-refractivity contribution in [1.82, 2.24) is 9.88 Å². The van der Waals surface area contributed by atoms with Crippen molar-refractivity contribution in [3.05, 3.63) is 34.5 Å². The van der Waals surface area contributed by atoms with Crippen LogP contribution in [0.1, 0.15) is 22.5 Å². The maximum Gasteiger partial charge on any atom is 0.270 e. The lowest BCUT2D eigenvalue weighted by molar-refractivity contribution is 0.00324. The maximum atomic E-state index is 12.8. The highest BCUT2D eigenvalue weighted by atomic mass is 35.5. The van der Waals surface area contributed by atoms with Crippen LogP contribution in [0.25, 0.3) is 10.9 Å². The Labute approximate surface area is 133 Å². The number of hydrogen-bond donors (Lipinski definition) is 3. The summed E-state index contributed by atoms with van der Waals surface area (Å²) in [5.41, 5.74) is 2.16. The molecule has 2 atom stereocenters. The van der Waals surface area contributed by atoms with E-state index in [1.807, 2.05) is 19.1 Å². The van der Waals surface area contributed by atoms with Gasteiger partial charge in [0, 0.05) is 24.4 Å². The molecular formula is C16H19ClN2O3. The first-order valence-electron chi connectivity index (χ1n) is 7.38. The Kier molecular flexibility index (Phi) is 4.12. The zero-order valence-corrected chi connectivity index (χ0v) is 13.1. The number of aromatic nitrogens is 1. The van der Waals surface area contributed by atoms with Crippen LogP contribution in [-0.2, 0) is 0 Å². The van der Waals surface area contributed by atoms with Crippen molar-refractivity contribution in [1.29, 1.82) is 0 Å². The number of aliphatic hydroxyl groups is 2. The van der Waals surface area contributed by atoms with Crippen molar-refractivity contribution >= 4 is 28.4 Å². The van der Waals surface area contributed by atoms with Gasteiger partial charge in [-0.05, 0) is 25.0 Å². The smallest absolute Gasteiger partial charge is 0.270 e. The van der Waals surface area contributed by atoms with Crippen LogP contribution in [0.4, 0.5) is 0 Å². The molecule has 2 aromatic rings. The van der Waals surface area contributed by atoms with Crippen molar-refractivity contribution in [3.63, 3.8) is 0 Å². The molecular weight excluding hydrogens is 304 g/mol. The van der Waals surface area contributed by atoms with E-state index in [2.05, 4.69) is 4.98 Å². The van der Waals surface area contributed by atoms with Gasteiger partial charge in [0.1, 0.15) is 5.69 Å². The molecule has 118 valence electrons. The molecule has 2 unspecified atom stereocenters. The van der Waals surface area contributed by atoms with Gasteiger partial charge in [-0.3, -0.25) is 4.79 Å². The molecule has 1 aliphatic rings. The molecule has 0 radical (unpaired) electrons. The summed E-state index contributed by atoms with van der Waals surface area (Å²) in [4.78, 5) is 17.6. The van der Waals surface area contributed by atoms with E-state index in [0.29, 0.717) is 30.2 Å². The van der Waals surface area contributed by atoms with Gasteiger partial charge in [-0.1, -0.05) is 23.7 Å². The van der Waals surface area contributed by atoms with Crippen molar-refractivity contribution in [2.45, 2.75) is 19.4 Å². The topological polar surface area (TPSA) is 76.6 Å². The van der Waals surface area contributed by atoms with Crippen molar-refractivity contribution in [2.75, 3.05) is 19.7 Å². The number of aryl methyl sites for hydroxylation is 1. The Morgan fingerprint density at radius 3 is 2.95 bits per heavy atom. The zero-order valence-electron chi connectivity index (χ0n) is 12.3. The Morgan fingerprint density at radius 2 is 2.27 bits per heavy atom. The van der Waals surface area contributed by atoms with Crippen molar-refractivity contribution in [3.8, 4) is 0 Å². The number of fused-ring (bicyclic) bond motifs is 1. The number of H-pyrrole nitrogens is 1. The number of para-hydroxylation sites is 1. The standard InChI is InChI=1S/C16H19ClN2O3/c1-9-11-3-2-4-12(17)15(11)18-14(9)16(22)19-6-5-13(21)10(7-19)8-20/h2-4,10,13,18,20-21H,5-8H2,1H3. The van der Waals surface area contributed by atoms with Crippen LogP contribution in [0.3, 0.4) is 0 Å². The molecule has 3 rings (SSSR count). The lowest BCUT2D eigenvalue weighted by Crippen LogP contribution is -2.47. The largest absolute Gasteiger partial charge is 0.396 e. The van der Waals surface area contributed by atoms with Crippen LogP contribution >= 0.6 is 11.6 Å². The van der Waals surface area contributed by atoms with Gasteiger partial charge in [-0.2, -0.15) is 0 Å². The number of halogens is 1. The number of nitrogens with one attached hydrogen (secondary N) is 1. The molecule has 5 nitrogen and oxygen atoms in total. The number of hydrogen-bond acceptors (Lipinski definition) is 3. The summed E-state index contributed by atoms with van der Waals surface area (Å²) >= 11 is 6.18. The average Bonchev–Trinajstić information content (AvgIpc) is 2.86. The molecule has 1 saturated heterocycles. The van der Waals surface area contributed by atoms with E-state index in [1.54, 1.807) is 11.0 Å². The lowest BCUT2D eigenvalue weighted by Gasteiger charge is -2.35. The lowest BCUT2D eigenvalue weighted by atomic mass is 9.95. The van der Waals surface area contributed by atoms with Crippen LogP contribution in [0.15, 0.2) is 18.2 Å². The molecule has 0 saturated carbocycles. The second kappa shape index (κ2) is 5.91. The number of aromatic amines is 1. The van der Waals surface area contributed by atoms with Gasteiger partial charge < -0.3 is 20.1 Å². The van der Waals surface area contributed by atoms with E-state index in [1.165, 1.54) is 0 Å². The second-order valence-electron chi connectivity index (χ2n) is 5.84. The summed E-state index contributed by atoms with van der Waals surface area (Å²) in [7, 11) is 0. The summed E-state index contributed by atoms with van der Waals surface area (Å²) in [6.07, 6.45) is -0.0657. The molecule has 1 aromatic heterocycles. The van der Waals surface area contributed by atoms with Crippen LogP contribution < -0.4 is 0 Å². The Bertz CT molecular complexity index is 713. The SMILES string of the molecule is Cc1c(C(=O)N2CCC(O)C(CO)C2)[nH]c2c(Cl)cccc12. The number of likely N-dealkylation sites (tertiary alicyclic amines) is 1. The first-order chi connectivity index (χ1) is 10.5. The first kappa shape index (κ1) is 15.3. The van der Waals surface area contributed by atoms with E-state index in [0.717, 1.165) is 16.5 Å². The summed E-state index contributed by atoms with van der Waals surface area (Å²) in [6, 6.07) is 5.58. The molecule has 1 fully saturated rings. The van der Waals surface area contributed by atoms with Gasteiger partial charge in [0.15, 0.2) is 0 Å². The van der Waals surface area contributed by atoms with Gasteiger partial charge in [0.05, 0.1) is 23.3 Å². The van der Waals surface area contributed by atoms with Crippen LogP contribution in [-0.4, -0.2) is 51.8 Å². The number of amides is 1. The molecule has 2 heterocycles.